The van der Waals surface area contributed by atoms with E-state index in [4.69, 9.17) is 0 Å². The van der Waals surface area contributed by atoms with E-state index in [1.165, 1.54) is 12.2 Å². The molecule has 0 bridgehead atoms. The maximum absolute atomic E-state index is 4.17. The summed E-state index contributed by atoms with van der Waals surface area (Å²) >= 11 is 0. The lowest BCUT2D eigenvalue weighted by Crippen LogP contribution is -2.03. The fourth-order valence-electron chi connectivity index (χ4n) is 1.33. The molecule has 1 fully saturated rings. The fourth-order valence-corrected chi connectivity index (χ4v) is 3.67. The van der Waals surface area contributed by atoms with Gasteiger partial charge in [0.15, 0.2) is 0 Å². The van der Waals surface area contributed by atoms with E-state index in [0.29, 0.717) is 0 Å². The van der Waals surface area contributed by atoms with Gasteiger partial charge in [-0.05, 0) is 23.3 Å². The number of hydrogen-bond acceptors (Lipinski definition) is 0. The first-order chi connectivity index (χ1) is 4.04. The van der Waals surface area contributed by atoms with Crippen LogP contribution in [0.5, 0.6) is 0 Å². The van der Waals surface area contributed by atoms with Crippen LogP contribution in [0, 0.1) is 5.92 Å². The molecule has 9 heavy (non-hydrogen) atoms. The van der Waals surface area contributed by atoms with Gasteiger partial charge in [0.25, 0.3) is 0 Å². The predicted molar refractivity (Wildman–Crippen MR) is 49.9 cm³/mol. The van der Waals surface area contributed by atoms with E-state index in [9.17, 15) is 0 Å². The third-order valence-electron chi connectivity index (χ3n) is 2.57. The van der Waals surface area contributed by atoms with Crippen molar-refractivity contribution >= 4 is 20.9 Å². The lowest BCUT2D eigenvalue weighted by molar-refractivity contribution is 0.590. The van der Waals surface area contributed by atoms with Gasteiger partial charge in [-0.2, -0.15) is 0 Å². The Labute approximate surface area is 58.8 Å². The molecule has 0 radical (unpaired) electrons. The molecule has 1 heteroatoms. The summed E-state index contributed by atoms with van der Waals surface area (Å²) < 4.78 is 0. The van der Waals surface area contributed by atoms with Crippen LogP contribution in [0.1, 0.15) is 20.3 Å². The Morgan fingerprint density at radius 1 is 1.33 bits per heavy atom. The maximum atomic E-state index is 4.17. The van der Waals surface area contributed by atoms with Gasteiger partial charge in [0.2, 0.25) is 0 Å². The molecule has 54 valence electrons. The highest BCUT2D eigenvalue weighted by molar-refractivity contribution is 8.28. The Balaban J connectivity index is 2.87. The van der Waals surface area contributed by atoms with Crippen molar-refractivity contribution in [1.82, 2.24) is 0 Å². The van der Waals surface area contributed by atoms with Crippen LogP contribution >= 0.6 is 9.21 Å². The first kappa shape index (κ1) is 7.20. The highest BCUT2D eigenvalue weighted by atomic mass is 32.2. The Kier molecular flexibility index (Phi) is 1.64. The molecule has 0 aliphatic carbocycles. The summed E-state index contributed by atoms with van der Waals surface area (Å²) in [6, 6.07) is 0. The Morgan fingerprint density at radius 3 is 2.00 bits per heavy atom. The zero-order chi connectivity index (χ0) is 7.07. The molecule has 0 aromatic rings. The van der Waals surface area contributed by atoms with Crippen LogP contribution in [-0.4, -0.2) is 22.7 Å². The monoisotopic (exact) mass is 144 g/mol. The smallest absolute Gasteiger partial charge is 0.00568 e. The highest BCUT2D eigenvalue weighted by Crippen LogP contribution is 2.41. The summed E-state index contributed by atoms with van der Waals surface area (Å²) in [5.41, 5.74) is 0. The molecular weight excluding hydrogens is 128 g/mol. The highest BCUT2D eigenvalue weighted by Gasteiger charge is 2.23. The van der Waals surface area contributed by atoms with Crippen LogP contribution in [-0.2, 0) is 0 Å². The van der Waals surface area contributed by atoms with Gasteiger partial charge in [0.1, 0.15) is 0 Å². The van der Waals surface area contributed by atoms with Gasteiger partial charge in [-0.25, -0.2) is 9.21 Å². The summed E-state index contributed by atoms with van der Waals surface area (Å²) in [5.74, 6) is 10.5. The molecule has 0 amide bonds. The van der Waals surface area contributed by atoms with Crippen molar-refractivity contribution in [2.45, 2.75) is 25.5 Å². The second kappa shape index (κ2) is 2.05. The molecule has 2 atom stereocenters. The summed E-state index contributed by atoms with van der Waals surface area (Å²) in [4.78, 5) is 0. The van der Waals surface area contributed by atoms with Gasteiger partial charge in [-0.15, -0.1) is 0 Å². The minimum Gasteiger partial charge on any atom is -0.211 e. The fraction of sp³-hybridized carbons (Fsp3) is 0.750. The Bertz CT molecular complexity index is 187. The largest absolute Gasteiger partial charge is 0.211 e. The Morgan fingerprint density at radius 2 is 1.89 bits per heavy atom. The standard InChI is InChI=1S/C8H16S/c1-7-5-6-9(3,4)8(7)2/h7-8H,3-6H2,1-2H3/t7-,8-/m0/s1. The van der Waals surface area contributed by atoms with Crippen molar-refractivity contribution in [3.8, 4) is 0 Å². The molecule has 0 saturated carbocycles. The third kappa shape index (κ3) is 1.16. The van der Waals surface area contributed by atoms with Gasteiger partial charge in [0.05, 0.1) is 0 Å². The van der Waals surface area contributed by atoms with E-state index in [0.717, 1.165) is 11.2 Å². The summed E-state index contributed by atoms with van der Waals surface area (Å²) in [6.45, 7) is 4.61. The van der Waals surface area contributed by atoms with E-state index in [2.05, 4.69) is 25.6 Å². The molecule has 0 aromatic carbocycles. The van der Waals surface area contributed by atoms with E-state index in [-0.39, 0.29) is 0 Å². The summed E-state index contributed by atoms with van der Waals surface area (Å²) in [6.07, 6.45) is 1.35. The van der Waals surface area contributed by atoms with E-state index in [1.807, 2.05) is 0 Å². The zero-order valence-corrected chi connectivity index (χ0v) is 7.21. The molecule has 0 aromatic heterocycles. The van der Waals surface area contributed by atoms with Crippen LogP contribution in [0.15, 0.2) is 0 Å². The van der Waals surface area contributed by atoms with Crippen LogP contribution in [0.4, 0.5) is 0 Å². The molecule has 1 rings (SSSR count). The lowest BCUT2D eigenvalue weighted by atomic mass is 10.1. The zero-order valence-electron chi connectivity index (χ0n) is 6.39. The average molecular weight is 144 g/mol. The van der Waals surface area contributed by atoms with Crippen molar-refractivity contribution in [1.29, 1.82) is 0 Å². The van der Waals surface area contributed by atoms with Crippen molar-refractivity contribution in [3.63, 3.8) is 0 Å². The van der Waals surface area contributed by atoms with E-state index < -0.39 is 9.21 Å². The second-order valence-corrected chi connectivity index (χ2v) is 6.66. The minimum absolute atomic E-state index is 0.674. The third-order valence-corrected chi connectivity index (χ3v) is 5.66. The molecule has 1 aliphatic rings. The maximum Gasteiger partial charge on any atom is -0.00568 e. The molecular formula is C8H16S. The summed E-state index contributed by atoms with van der Waals surface area (Å²) in [7, 11) is -0.674. The molecule has 0 N–H and O–H groups in total. The molecule has 1 heterocycles. The van der Waals surface area contributed by atoms with Gasteiger partial charge in [-0.1, -0.05) is 25.6 Å². The van der Waals surface area contributed by atoms with Gasteiger partial charge >= 0.3 is 0 Å². The normalized spacial score (nSPS) is 41.1. The van der Waals surface area contributed by atoms with Gasteiger partial charge < -0.3 is 0 Å². The molecule has 1 saturated heterocycles. The van der Waals surface area contributed by atoms with Crippen molar-refractivity contribution in [2.24, 2.45) is 5.92 Å². The lowest BCUT2D eigenvalue weighted by Gasteiger charge is -2.14. The first-order valence-corrected chi connectivity index (χ1v) is 5.70. The minimum atomic E-state index is -0.674. The topological polar surface area (TPSA) is 0 Å². The predicted octanol–water partition coefficient (Wildman–Crippen LogP) is 2.08. The van der Waals surface area contributed by atoms with Crippen molar-refractivity contribution in [2.75, 3.05) is 5.75 Å². The average Bonchev–Trinajstić information content (AvgIpc) is 1.97. The molecule has 0 nitrogen and oxygen atoms in total. The molecule has 1 aliphatic heterocycles. The van der Waals surface area contributed by atoms with Crippen LogP contribution in [0.2, 0.25) is 0 Å². The van der Waals surface area contributed by atoms with Crippen LogP contribution < -0.4 is 0 Å². The van der Waals surface area contributed by atoms with Gasteiger partial charge in [0, 0.05) is 0 Å². The quantitative estimate of drug-likeness (QED) is 0.457. The molecule has 0 unspecified atom stereocenters. The Hall–Kier alpha value is 0.0900. The second-order valence-electron chi connectivity index (χ2n) is 3.29. The van der Waals surface area contributed by atoms with Crippen LogP contribution in [0.25, 0.3) is 0 Å². The van der Waals surface area contributed by atoms with E-state index >= 15 is 0 Å². The van der Waals surface area contributed by atoms with Gasteiger partial charge in [-0.3, -0.25) is 0 Å². The van der Waals surface area contributed by atoms with Crippen LogP contribution in [0.3, 0.4) is 0 Å². The van der Waals surface area contributed by atoms with Crippen molar-refractivity contribution in [3.05, 3.63) is 0 Å². The van der Waals surface area contributed by atoms with E-state index in [1.54, 1.807) is 0 Å². The summed E-state index contributed by atoms with van der Waals surface area (Å²) in [5, 5.41) is 0.789. The number of rotatable bonds is 0. The number of hydrogen-bond donors (Lipinski definition) is 0. The molecule has 0 spiro atoms. The first-order valence-electron chi connectivity index (χ1n) is 3.50. The van der Waals surface area contributed by atoms with Crippen molar-refractivity contribution < 1.29 is 0 Å². The SMILES string of the molecule is C=S1(=C)CC[C@H](C)[C@@H]1C.